The lowest BCUT2D eigenvalue weighted by Crippen LogP contribution is -2.26. The lowest BCUT2D eigenvalue weighted by atomic mass is 9.99. The molecule has 0 heterocycles. The number of aryl methyl sites for hydroxylation is 3. The van der Waals surface area contributed by atoms with Crippen LogP contribution in [0.5, 0.6) is 0 Å². The van der Waals surface area contributed by atoms with Crippen molar-refractivity contribution in [3.8, 4) is 0 Å². The van der Waals surface area contributed by atoms with Crippen molar-refractivity contribution in [2.24, 2.45) is 0 Å². The minimum absolute atomic E-state index is 0.622. The summed E-state index contributed by atoms with van der Waals surface area (Å²) in [6, 6.07) is 5.19. The first kappa shape index (κ1) is 15.2. The maximum Gasteiger partial charge on any atom is 0.0213 e. The molecule has 0 bridgehead atoms. The maximum atomic E-state index is 3.66. The van der Waals surface area contributed by atoms with Crippen molar-refractivity contribution in [1.82, 2.24) is 5.32 Å². The third-order valence-electron chi connectivity index (χ3n) is 3.71. The van der Waals surface area contributed by atoms with Crippen LogP contribution in [0.1, 0.15) is 61.8 Å². The molecule has 18 heavy (non-hydrogen) atoms. The Labute approximate surface area is 113 Å². The molecular formula is C17H29N. The van der Waals surface area contributed by atoms with Gasteiger partial charge in [-0.05, 0) is 50.8 Å². The van der Waals surface area contributed by atoms with E-state index in [4.69, 9.17) is 0 Å². The first-order chi connectivity index (χ1) is 8.54. The third-order valence-corrected chi connectivity index (χ3v) is 3.71. The van der Waals surface area contributed by atoms with Crippen LogP contribution >= 0.6 is 0 Å². The van der Waals surface area contributed by atoms with E-state index in [1.807, 2.05) is 0 Å². The first-order valence-corrected chi connectivity index (χ1v) is 7.34. The van der Waals surface area contributed by atoms with E-state index < -0.39 is 0 Å². The molecule has 0 radical (unpaired) electrons. The van der Waals surface area contributed by atoms with E-state index in [1.54, 1.807) is 0 Å². The highest BCUT2D eigenvalue weighted by Crippen LogP contribution is 2.16. The fourth-order valence-electron chi connectivity index (χ4n) is 2.57. The Morgan fingerprint density at radius 3 is 2.22 bits per heavy atom. The summed E-state index contributed by atoms with van der Waals surface area (Å²) in [5.41, 5.74) is 5.68. The standard InChI is InChI=1S/C17H29N/c1-6-7-8-9-16(5)18-12-17-14(3)10-13(2)11-15(17)4/h10-11,16,18H,6-9,12H2,1-5H3. The SMILES string of the molecule is CCCCCC(C)NCc1c(C)cc(C)cc1C. The molecule has 0 saturated carbocycles. The molecule has 1 nitrogen and oxygen atoms in total. The molecule has 1 aromatic carbocycles. The van der Waals surface area contributed by atoms with Crippen molar-refractivity contribution < 1.29 is 0 Å². The Balaban J connectivity index is 2.48. The summed E-state index contributed by atoms with van der Waals surface area (Å²) < 4.78 is 0. The van der Waals surface area contributed by atoms with Gasteiger partial charge in [0.05, 0.1) is 0 Å². The largest absolute Gasteiger partial charge is 0.310 e. The summed E-state index contributed by atoms with van der Waals surface area (Å²) in [7, 11) is 0. The van der Waals surface area contributed by atoms with Crippen molar-refractivity contribution in [2.75, 3.05) is 0 Å². The second-order valence-electron chi connectivity index (χ2n) is 5.66. The molecule has 0 spiro atoms. The van der Waals surface area contributed by atoms with Gasteiger partial charge in [-0.2, -0.15) is 0 Å². The Morgan fingerprint density at radius 1 is 1.06 bits per heavy atom. The molecule has 1 aromatic rings. The predicted molar refractivity (Wildman–Crippen MR) is 81.1 cm³/mol. The van der Waals surface area contributed by atoms with Gasteiger partial charge in [0.15, 0.2) is 0 Å². The summed E-state index contributed by atoms with van der Waals surface area (Å²) in [5.74, 6) is 0. The van der Waals surface area contributed by atoms with Crippen LogP contribution in [-0.4, -0.2) is 6.04 Å². The number of benzene rings is 1. The number of unbranched alkanes of at least 4 members (excludes halogenated alkanes) is 2. The molecule has 102 valence electrons. The molecule has 0 aliphatic heterocycles. The van der Waals surface area contributed by atoms with Crippen LogP contribution in [0.2, 0.25) is 0 Å². The van der Waals surface area contributed by atoms with Crippen LogP contribution in [0, 0.1) is 20.8 Å². The molecule has 1 rings (SSSR count). The second kappa shape index (κ2) is 7.58. The molecule has 1 atom stereocenters. The van der Waals surface area contributed by atoms with Crippen LogP contribution in [0.4, 0.5) is 0 Å². The highest BCUT2D eigenvalue weighted by atomic mass is 14.9. The summed E-state index contributed by atoms with van der Waals surface area (Å²) in [6.07, 6.45) is 5.30. The highest BCUT2D eigenvalue weighted by Gasteiger charge is 2.06. The summed E-state index contributed by atoms with van der Waals surface area (Å²) in [4.78, 5) is 0. The molecule has 0 amide bonds. The fourth-order valence-corrected chi connectivity index (χ4v) is 2.57. The minimum atomic E-state index is 0.622. The Kier molecular flexibility index (Phi) is 6.42. The van der Waals surface area contributed by atoms with Crippen molar-refractivity contribution >= 4 is 0 Å². The highest BCUT2D eigenvalue weighted by molar-refractivity contribution is 5.37. The predicted octanol–water partition coefficient (Wildman–Crippen LogP) is 4.67. The van der Waals surface area contributed by atoms with Crippen LogP contribution in [-0.2, 0) is 6.54 Å². The summed E-state index contributed by atoms with van der Waals surface area (Å²) in [5, 5.41) is 3.66. The van der Waals surface area contributed by atoms with Gasteiger partial charge in [0.25, 0.3) is 0 Å². The zero-order chi connectivity index (χ0) is 13.5. The second-order valence-corrected chi connectivity index (χ2v) is 5.66. The number of nitrogens with one attached hydrogen (secondary N) is 1. The average molecular weight is 247 g/mol. The van der Waals surface area contributed by atoms with Crippen molar-refractivity contribution in [3.05, 3.63) is 34.4 Å². The van der Waals surface area contributed by atoms with Crippen molar-refractivity contribution in [2.45, 2.75) is 72.9 Å². The monoisotopic (exact) mass is 247 g/mol. The third kappa shape index (κ3) is 4.81. The van der Waals surface area contributed by atoms with Gasteiger partial charge in [0.1, 0.15) is 0 Å². The fraction of sp³-hybridized carbons (Fsp3) is 0.647. The zero-order valence-electron chi connectivity index (χ0n) is 12.8. The molecule has 0 aromatic heterocycles. The molecule has 1 heteroatoms. The van der Waals surface area contributed by atoms with Crippen LogP contribution < -0.4 is 5.32 Å². The van der Waals surface area contributed by atoms with E-state index >= 15 is 0 Å². The van der Waals surface area contributed by atoms with Crippen LogP contribution in [0.3, 0.4) is 0 Å². The van der Waals surface area contributed by atoms with Crippen LogP contribution in [0.15, 0.2) is 12.1 Å². The molecule has 1 N–H and O–H groups in total. The van der Waals surface area contributed by atoms with E-state index in [-0.39, 0.29) is 0 Å². The zero-order valence-corrected chi connectivity index (χ0v) is 12.8. The van der Waals surface area contributed by atoms with Crippen LogP contribution in [0.25, 0.3) is 0 Å². The smallest absolute Gasteiger partial charge is 0.0213 e. The van der Waals surface area contributed by atoms with Gasteiger partial charge in [-0.25, -0.2) is 0 Å². The van der Waals surface area contributed by atoms with Crippen molar-refractivity contribution in [3.63, 3.8) is 0 Å². The van der Waals surface area contributed by atoms with E-state index in [0.29, 0.717) is 6.04 Å². The first-order valence-electron chi connectivity index (χ1n) is 7.34. The van der Waals surface area contributed by atoms with E-state index in [9.17, 15) is 0 Å². The lowest BCUT2D eigenvalue weighted by molar-refractivity contribution is 0.486. The van der Waals surface area contributed by atoms with E-state index in [0.717, 1.165) is 6.54 Å². The maximum absolute atomic E-state index is 3.66. The van der Waals surface area contributed by atoms with Gasteiger partial charge in [0, 0.05) is 12.6 Å². The number of rotatable bonds is 7. The average Bonchev–Trinajstić information content (AvgIpc) is 2.27. The normalized spacial score (nSPS) is 12.7. The lowest BCUT2D eigenvalue weighted by Gasteiger charge is -2.17. The quantitative estimate of drug-likeness (QED) is 0.690. The van der Waals surface area contributed by atoms with Crippen molar-refractivity contribution in [1.29, 1.82) is 0 Å². The van der Waals surface area contributed by atoms with E-state index in [2.05, 4.69) is 52.1 Å². The molecule has 0 aliphatic rings. The minimum Gasteiger partial charge on any atom is -0.310 e. The molecular weight excluding hydrogens is 218 g/mol. The van der Waals surface area contributed by atoms with Gasteiger partial charge < -0.3 is 5.32 Å². The topological polar surface area (TPSA) is 12.0 Å². The summed E-state index contributed by atoms with van der Waals surface area (Å²) >= 11 is 0. The molecule has 0 fully saturated rings. The molecule has 1 unspecified atom stereocenters. The Bertz CT molecular complexity index is 345. The molecule has 0 saturated heterocycles. The summed E-state index contributed by atoms with van der Waals surface area (Å²) in [6.45, 7) is 12.2. The van der Waals surface area contributed by atoms with Gasteiger partial charge >= 0.3 is 0 Å². The van der Waals surface area contributed by atoms with Gasteiger partial charge in [-0.1, -0.05) is 43.9 Å². The van der Waals surface area contributed by atoms with Gasteiger partial charge in [0.2, 0.25) is 0 Å². The number of hydrogen-bond acceptors (Lipinski definition) is 1. The Hall–Kier alpha value is -0.820. The van der Waals surface area contributed by atoms with Gasteiger partial charge in [-0.3, -0.25) is 0 Å². The number of hydrogen-bond donors (Lipinski definition) is 1. The Morgan fingerprint density at radius 2 is 1.67 bits per heavy atom. The van der Waals surface area contributed by atoms with E-state index in [1.165, 1.54) is 47.9 Å². The molecule has 0 aliphatic carbocycles. The van der Waals surface area contributed by atoms with Gasteiger partial charge in [-0.15, -0.1) is 0 Å².